The van der Waals surface area contributed by atoms with E-state index in [1.807, 2.05) is 0 Å². The second kappa shape index (κ2) is 6.82. The van der Waals surface area contributed by atoms with Gasteiger partial charge in [0.25, 0.3) is 0 Å². The fourth-order valence-electron chi connectivity index (χ4n) is 2.21. The minimum Gasteiger partial charge on any atom is -0.444 e. The minimum atomic E-state index is -4.72. The molecule has 6 nitrogen and oxygen atoms in total. The van der Waals surface area contributed by atoms with Gasteiger partial charge in [-0.2, -0.15) is 13.2 Å². The molecule has 0 unspecified atom stereocenters. The highest BCUT2D eigenvalue weighted by atomic mass is 19.4. The Morgan fingerprint density at radius 2 is 1.96 bits per heavy atom. The van der Waals surface area contributed by atoms with Gasteiger partial charge in [-0.25, -0.2) is 4.79 Å². The Morgan fingerprint density at radius 1 is 1.39 bits per heavy atom. The van der Waals surface area contributed by atoms with Crippen LogP contribution in [-0.2, 0) is 14.2 Å². The molecule has 1 aliphatic heterocycles. The molecule has 1 saturated heterocycles. The standard InChI is InChI=1S/C14H24F3NO5/c1-12(2,3)23-11(20)18-10(8(6-19)14(15,16)17)9-7-21-13(4,5)22-9/h8-10,19H,6-7H2,1-5H3,(H,18,20)/t8-,9+,10+/m0/s1. The predicted octanol–water partition coefficient (Wildman–Crippen LogP) is 2.20. The summed E-state index contributed by atoms with van der Waals surface area (Å²) in [5, 5.41) is 11.3. The largest absolute Gasteiger partial charge is 0.444 e. The summed E-state index contributed by atoms with van der Waals surface area (Å²) in [6.45, 7) is 6.55. The van der Waals surface area contributed by atoms with Crippen molar-refractivity contribution in [3.05, 3.63) is 0 Å². The molecular formula is C14H24F3NO5. The first-order valence-corrected chi connectivity index (χ1v) is 7.24. The number of aliphatic hydroxyl groups excluding tert-OH is 1. The highest BCUT2D eigenvalue weighted by Crippen LogP contribution is 2.34. The van der Waals surface area contributed by atoms with Crippen LogP contribution in [-0.4, -0.2) is 54.1 Å². The van der Waals surface area contributed by atoms with Crippen LogP contribution in [0.5, 0.6) is 0 Å². The van der Waals surface area contributed by atoms with Crippen LogP contribution < -0.4 is 5.32 Å². The SMILES string of the molecule is CC(C)(C)OC(=O)N[C@@H]([C@H]1COC(C)(C)O1)[C@H](CO)C(F)(F)F. The third kappa shape index (κ3) is 6.15. The van der Waals surface area contributed by atoms with Crippen LogP contribution in [0, 0.1) is 5.92 Å². The van der Waals surface area contributed by atoms with E-state index >= 15 is 0 Å². The van der Waals surface area contributed by atoms with Crippen LogP contribution in [0.1, 0.15) is 34.6 Å². The maximum Gasteiger partial charge on any atom is 0.407 e. The summed E-state index contributed by atoms with van der Waals surface area (Å²) in [4.78, 5) is 11.9. The first-order valence-electron chi connectivity index (χ1n) is 7.24. The van der Waals surface area contributed by atoms with Gasteiger partial charge in [0.15, 0.2) is 5.79 Å². The summed E-state index contributed by atoms with van der Waals surface area (Å²) in [6.07, 6.45) is -6.79. The summed E-state index contributed by atoms with van der Waals surface area (Å²) in [5.41, 5.74) is -0.867. The van der Waals surface area contributed by atoms with Gasteiger partial charge in [-0.15, -0.1) is 0 Å². The van der Waals surface area contributed by atoms with E-state index in [9.17, 15) is 18.0 Å². The number of hydrogen-bond donors (Lipinski definition) is 2. The van der Waals surface area contributed by atoms with Gasteiger partial charge in [0.05, 0.1) is 19.3 Å². The lowest BCUT2D eigenvalue weighted by atomic mass is 9.95. The summed E-state index contributed by atoms with van der Waals surface area (Å²) < 4.78 is 55.1. The molecule has 2 N–H and O–H groups in total. The van der Waals surface area contributed by atoms with E-state index in [0.29, 0.717) is 0 Å². The molecule has 1 fully saturated rings. The molecule has 0 aromatic rings. The summed E-state index contributed by atoms with van der Waals surface area (Å²) in [6, 6.07) is -1.53. The monoisotopic (exact) mass is 343 g/mol. The van der Waals surface area contributed by atoms with E-state index in [1.165, 1.54) is 0 Å². The third-order valence-corrected chi connectivity index (χ3v) is 3.16. The van der Waals surface area contributed by atoms with Crippen LogP contribution >= 0.6 is 0 Å². The average molecular weight is 343 g/mol. The number of carbonyl (C=O) groups is 1. The number of alkyl carbamates (subject to hydrolysis) is 1. The van der Waals surface area contributed by atoms with Crippen molar-refractivity contribution in [1.82, 2.24) is 5.32 Å². The summed E-state index contributed by atoms with van der Waals surface area (Å²) in [5.74, 6) is -3.26. The van der Waals surface area contributed by atoms with Crippen LogP contribution in [0.15, 0.2) is 0 Å². The maximum atomic E-state index is 13.2. The van der Waals surface area contributed by atoms with Crippen molar-refractivity contribution in [2.75, 3.05) is 13.2 Å². The molecule has 1 aliphatic rings. The van der Waals surface area contributed by atoms with Gasteiger partial charge in [0, 0.05) is 0 Å². The van der Waals surface area contributed by atoms with Crippen LogP contribution in [0.25, 0.3) is 0 Å². The molecule has 1 rings (SSSR count). The van der Waals surface area contributed by atoms with Gasteiger partial charge in [-0.05, 0) is 34.6 Å². The first-order chi connectivity index (χ1) is 10.2. The molecule has 9 heteroatoms. The van der Waals surface area contributed by atoms with E-state index in [1.54, 1.807) is 34.6 Å². The topological polar surface area (TPSA) is 77.0 Å². The smallest absolute Gasteiger partial charge is 0.407 e. The van der Waals surface area contributed by atoms with E-state index in [0.717, 1.165) is 0 Å². The predicted molar refractivity (Wildman–Crippen MR) is 74.7 cm³/mol. The number of aliphatic hydroxyl groups is 1. The van der Waals surface area contributed by atoms with Gasteiger partial charge in [-0.3, -0.25) is 0 Å². The molecule has 0 aromatic carbocycles. The van der Waals surface area contributed by atoms with E-state index < -0.39 is 48.3 Å². The van der Waals surface area contributed by atoms with E-state index in [4.69, 9.17) is 19.3 Å². The normalized spacial score (nSPS) is 24.1. The lowest BCUT2D eigenvalue weighted by Gasteiger charge is -2.33. The molecule has 3 atom stereocenters. The molecule has 1 heterocycles. The van der Waals surface area contributed by atoms with Crippen molar-refractivity contribution < 1.29 is 37.3 Å². The van der Waals surface area contributed by atoms with Gasteiger partial charge in [-0.1, -0.05) is 0 Å². The fraction of sp³-hybridized carbons (Fsp3) is 0.929. The molecule has 0 radical (unpaired) electrons. The van der Waals surface area contributed by atoms with Gasteiger partial charge in [0.2, 0.25) is 0 Å². The molecule has 1 amide bonds. The van der Waals surface area contributed by atoms with Gasteiger partial charge in [0.1, 0.15) is 17.6 Å². The second-order valence-electron chi connectivity index (χ2n) is 6.87. The molecule has 0 bridgehead atoms. The minimum absolute atomic E-state index is 0.139. The number of carbonyl (C=O) groups excluding carboxylic acids is 1. The van der Waals surface area contributed by atoms with Crippen LogP contribution in [0.2, 0.25) is 0 Å². The Morgan fingerprint density at radius 3 is 2.30 bits per heavy atom. The van der Waals surface area contributed by atoms with Crippen molar-refractivity contribution in [2.45, 2.75) is 64.3 Å². The first kappa shape index (κ1) is 20.0. The summed E-state index contributed by atoms with van der Waals surface area (Å²) >= 11 is 0. The van der Waals surface area contributed by atoms with E-state index in [-0.39, 0.29) is 6.61 Å². The molecule has 0 saturated carbocycles. The zero-order chi connectivity index (χ0) is 18.1. The quantitative estimate of drug-likeness (QED) is 0.818. The lowest BCUT2D eigenvalue weighted by molar-refractivity contribution is -0.205. The number of halogens is 3. The molecule has 0 aliphatic carbocycles. The fourth-order valence-corrected chi connectivity index (χ4v) is 2.21. The van der Waals surface area contributed by atoms with E-state index in [2.05, 4.69) is 5.32 Å². The van der Waals surface area contributed by atoms with Crippen molar-refractivity contribution in [3.8, 4) is 0 Å². The second-order valence-corrected chi connectivity index (χ2v) is 6.87. The van der Waals surface area contributed by atoms with Crippen LogP contribution in [0.4, 0.5) is 18.0 Å². The molecule has 23 heavy (non-hydrogen) atoms. The number of nitrogens with one attached hydrogen (secondary N) is 1. The Labute approximate surface area is 133 Å². The summed E-state index contributed by atoms with van der Waals surface area (Å²) in [7, 11) is 0. The van der Waals surface area contributed by atoms with Crippen molar-refractivity contribution >= 4 is 6.09 Å². The zero-order valence-electron chi connectivity index (χ0n) is 13.9. The maximum absolute atomic E-state index is 13.2. The number of hydrogen-bond acceptors (Lipinski definition) is 5. The Hall–Kier alpha value is -1.06. The van der Waals surface area contributed by atoms with Crippen molar-refractivity contribution in [2.24, 2.45) is 5.92 Å². The highest BCUT2D eigenvalue weighted by Gasteiger charge is 2.51. The lowest BCUT2D eigenvalue weighted by Crippen LogP contribution is -2.55. The molecule has 136 valence electrons. The Kier molecular flexibility index (Phi) is 5.93. The Balaban J connectivity index is 2.95. The molecule has 0 aromatic heterocycles. The number of alkyl halides is 3. The zero-order valence-corrected chi connectivity index (χ0v) is 13.9. The number of amides is 1. The van der Waals surface area contributed by atoms with Crippen LogP contribution in [0.3, 0.4) is 0 Å². The molecule has 0 spiro atoms. The highest BCUT2D eigenvalue weighted by molar-refractivity contribution is 5.68. The molecular weight excluding hydrogens is 319 g/mol. The van der Waals surface area contributed by atoms with Gasteiger partial charge >= 0.3 is 12.3 Å². The number of ether oxygens (including phenoxy) is 3. The van der Waals surface area contributed by atoms with Crippen molar-refractivity contribution in [1.29, 1.82) is 0 Å². The third-order valence-electron chi connectivity index (χ3n) is 3.16. The Bertz CT molecular complexity index is 420. The number of rotatable bonds is 4. The average Bonchev–Trinajstić information content (AvgIpc) is 2.65. The van der Waals surface area contributed by atoms with Gasteiger partial charge < -0.3 is 24.6 Å². The van der Waals surface area contributed by atoms with Crippen molar-refractivity contribution in [3.63, 3.8) is 0 Å².